The highest BCUT2D eigenvalue weighted by molar-refractivity contribution is 9.10. The molecule has 18 heavy (non-hydrogen) atoms. The van der Waals surface area contributed by atoms with Crippen LogP contribution >= 0.6 is 27.7 Å². The molecule has 0 saturated heterocycles. The average molecular weight is 326 g/mol. The summed E-state index contributed by atoms with van der Waals surface area (Å²) in [5, 5.41) is 11.3. The van der Waals surface area contributed by atoms with Crippen LogP contribution in [0.5, 0.6) is 0 Å². The molecule has 0 unspecified atom stereocenters. The molecule has 0 aliphatic carbocycles. The standard InChI is InChI=1S/C11H8BrN3O2S/c12-10-5-7(13)6-14-11(10)18-9-3-1-8(2-4-9)15(16)17/h1-6H,13H2. The zero-order valence-electron chi connectivity index (χ0n) is 9.04. The fourth-order valence-corrected chi connectivity index (χ4v) is 2.63. The van der Waals surface area contributed by atoms with Crippen LogP contribution in [-0.2, 0) is 0 Å². The molecule has 0 atom stereocenters. The van der Waals surface area contributed by atoms with Crippen LogP contribution in [0.15, 0.2) is 50.9 Å². The highest BCUT2D eigenvalue weighted by Crippen LogP contribution is 2.33. The van der Waals surface area contributed by atoms with Crippen molar-refractivity contribution in [1.82, 2.24) is 4.98 Å². The van der Waals surface area contributed by atoms with E-state index in [0.29, 0.717) is 5.69 Å². The third kappa shape index (κ3) is 2.99. The van der Waals surface area contributed by atoms with Crippen LogP contribution in [0.2, 0.25) is 0 Å². The maximum atomic E-state index is 10.5. The molecule has 0 aliphatic rings. The Labute approximate surface area is 116 Å². The molecule has 1 heterocycles. The van der Waals surface area contributed by atoms with Gasteiger partial charge in [0.1, 0.15) is 5.03 Å². The third-order valence-corrected chi connectivity index (χ3v) is 3.98. The molecule has 2 rings (SSSR count). The summed E-state index contributed by atoms with van der Waals surface area (Å²) in [6.07, 6.45) is 1.57. The van der Waals surface area contributed by atoms with Crippen molar-refractivity contribution in [2.24, 2.45) is 0 Å². The van der Waals surface area contributed by atoms with Gasteiger partial charge in [-0.1, -0.05) is 11.8 Å². The summed E-state index contributed by atoms with van der Waals surface area (Å²) in [6.45, 7) is 0. The Kier molecular flexibility index (Phi) is 3.83. The van der Waals surface area contributed by atoms with Gasteiger partial charge < -0.3 is 5.73 Å². The molecule has 0 spiro atoms. The maximum absolute atomic E-state index is 10.5. The minimum Gasteiger partial charge on any atom is -0.397 e. The van der Waals surface area contributed by atoms with Gasteiger partial charge in [0.15, 0.2) is 0 Å². The molecule has 0 aliphatic heterocycles. The Bertz CT molecular complexity index is 589. The van der Waals surface area contributed by atoms with E-state index in [2.05, 4.69) is 20.9 Å². The molecule has 2 N–H and O–H groups in total. The van der Waals surface area contributed by atoms with E-state index in [9.17, 15) is 10.1 Å². The Morgan fingerprint density at radius 1 is 1.33 bits per heavy atom. The molecule has 0 bridgehead atoms. The molecule has 1 aromatic heterocycles. The van der Waals surface area contributed by atoms with Gasteiger partial charge in [-0.3, -0.25) is 10.1 Å². The number of hydrogen-bond acceptors (Lipinski definition) is 5. The fraction of sp³-hybridized carbons (Fsp3) is 0. The van der Waals surface area contributed by atoms with Crippen molar-refractivity contribution in [2.45, 2.75) is 9.92 Å². The molecule has 0 amide bonds. The normalized spacial score (nSPS) is 10.3. The number of nitro groups is 1. The lowest BCUT2D eigenvalue weighted by atomic mass is 10.3. The number of anilines is 1. The molecular weight excluding hydrogens is 318 g/mol. The molecule has 0 radical (unpaired) electrons. The second kappa shape index (κ2) is 5.36. The van der Waals surface area contributed by atoms with Crippen molar-refractivity contribution in [3.63, 3.8) is 0 Å². The van der Waals surface area contributed by atoms with Crippen molar-refractivity contribution in [2.75, 3.05) is 5.73 Å². The quantitative estimate of drug-likeness (QED) is 0.690. The smallest absolute Gasteiger partial charge is 0.269 e. The number of aromatic nitrogens is 1. The lowest BCUT2D eigenvalue weighted by Crippen LogP contribution is -1.89. The van der Waals surface area contributed by atoms with Crippen molar-refractivity contribution >= 4 is 39.1 Å². The number of nitrogens with zero attached hydrogens (tertiary/aromatic N) is 2. The van der Waals surface area contributed by atoms with Crippen molar-refractivity contribution in [3.05, 3.63) is 51.1 Å². The highest BCUT2D eigenvalue weighted by Gasteiger charge is 2.07. The van der Waals surface area contributed by atoms with Gasteiger partial charge in [-0.05, 0) is 34.1 Å². The summed E-state index contributed by atoms with van der Waals surface area (Å²) in [5.74, 6) is 0. The molecule has 2 aromatic rings. The molecular formula is C11H8BrN3O2S. The van der Waals surface area contributed by atoms with E-state index in [1.165, 1.54) is 23.9 Å². The predicted molar refractivity (Wildman–Crippen MR) is 73.6 cm³/mol. The topological polar surface area (TPSA) is 82.0 Å². The van der Waals surface area contributed by atoms with Gasteiger partial charge in [0.25, 0.3) is 5.69 Å². The highest BCUT2D eigenvalue weighted by atomic mass is 79.9. The fourth-order valence-electron chi connectivity index (χ4n) is 1.26. The van der Waals surface area contributed by atoms with E-state index in [1.807, 2.05) is 0 Å². The van der Waals surface area contributed by atoms with Crippen LogP contribution < -0.4 is 5.73 Å². The van der Waals surface area contributed by atoms with Gasteiger partial charge in [-0.25, -0.2) is 4.98 Å². The Morgan fingerprint density at radius 2 is 2.00 bits per heavy atom. The monoisotopic (exact) mass is 325 g/mol. The lowest BCUT2D eigenvalue weighted by molar-refractivity contribution is -0.384. The number of nitrogens with two attached hydrogens (primary N) is 1. The average Bonchev–Trinajstić information content (AvgIpc) is 2.33. The summed E-state index contributed by atoms with van der Waals surface area (Å²) in [5.41, 5.74) is 6.25. The van der Waals surface area contributed by atoms with Crippen LogP contribution in [-0.4, -0.2) is 9.91 Å². The van der Waals surface area contributed by atoms with Crippen LogP contribution in [0.1, 0.15) is 0 Å². The van der Waals surface area contributed by atoms with Gasteiger partial charge in [0, 0.05) is 17.0 Å². The van der Waals surface area contributed by atoms with Crippen molar-refractivity contribution in [1.29, 1.82) is 0 Å². The van der Waals surface area contributed by atoms with Crippen LogP contribution in [0, 0.1) is 10.1 Å². The minimum atomic E-state index is -0.425. The molecule has 0 saturated carbocycles. The van der Waals surface area contributed by atoms with Crippen LogP contribution in [0.3, 0.4) is 0 Å². The number of halogens is 1. The third-order valence-electron chi connectivity index (χ3n) is 2.09. The number of non-ortho nitro benzene ring substituents is 1. The van der Waals surface area contributed by atoms with E-state index >= 15 is 0 Å². The summed E-state index contributed by atoms with van der Waals surface area (Å²) in [7, 11) is 0. The second-order valence-electron chi connectivity index (χ2n) is 3.41. The number of hydrogen-bond donors (Lipinski definition) is 1. The first kappa shape index (κ1) is 12.8. The number of nitrogen functional groups attached to an aromatic ring is 1. The number of nitro benzene ring substituents is 1. The van der Waals surface area contributed by atoms with E-state index in [-0.39, 0.29) is 5.69 Å². The van der Waals surface area contributed by atoms with E-state index < -0.39 is 4.92 Å². The minimum absolute atomic E-state index is 0.0729. The number of pyridine rings is 1. The zero-order valence-corrected chi connectivity index (χ0v) is 11.4. The molecule has 1 aromatic carbocycles. The first-order valence-electron chi connectivity index (χ1n) is 4.89. The largest absolute Gasteiger partial charge is 0.397 e. The molecule has 7 heteroatoms. The van der Waals surface area contributed by atoms with E-state index in [4.69, 9.17) is 5.73 Å². The van der Waals surface area contributed by atoms with E-state index in [0.717, 1.165) is 14.4 Å². The van der Waals surface area contributed by atoms with Gasteiger partial charge in [0.05, 0.1) is 21.3 Å². The van der Waals surface area contributed by atoms with Gasteiger partial charge in [0.2, 0.25) is 0 Å². The van der Waals surface area contributed by atoms with Crippen LogP contribution in [0.4, 0.5) is 11.4 Å². The van der Waals surface area contributed by atoms with Crippen molar-refractivity contribution in [3.8, 4) is 0 Å². The molecule has 92 valence electrons. The molecule has 5 nitrogen and oxygen atoms in total. The van der Waals surface area contributed by atoms with Crippen LogP contribution in [0.25, 0.3) is 0 Å². The summed E-state index contributed by atoms with van der Waals surface area (Å²) >= 11 is 4.78. The Morgan fingerprint density at radius 3 is 2.56 bits per heavy atom. The summed E-state index contributed by atoms with van der Waals surface area (Å²) < 4.78 is 0.797. The number of benzene rings is 1. The Hall–Kier alpha value is -1.60. The molecule has 0 fully saturated rings. The van der Waals surface area contributed by atoms with Gasteiger partial charge in [-0.2, -0.15) is 0 Å². The zero-order chi connectivity index (χ0) is 13.1. The first-order chi connectivity index (χ1) is 8.56. The maximum Gasteiger partial charge on any atom is 0.269 e. The first-order valence-corrected chi connectivity index (χ1v) is 6.50. The summed E-state index contributed by atoms with van der Waals surface area (Å²) in [6, 6.07) is 8.07. The predicted octanol–water partition coefficient (Wildman–Crippen LogP) is 3.49. The summed E-state index contributed by atoms with van der Waals surface area (Å²) in [4.78, 5) is 15.2. The SMILES string of the molecule is Nc1cnc(Sc2ccc([N+](=O)[O-])cc2)c(Br)c1. The Balaban J connectivity index is 2.21. The van der Waals surface area contributed by atoms with Gasteiger partial charge in [-0.15, -0.1) is 0 Å². The number of rotatable bonds is 3. The lowest BCUT2D eigenvalue weighted by Gasteiger charge is -2.03. The second-order valence-corrected chi connectivity index (χ2v) is 5.33. The van der Waals surface area contributed by atoms with E-state index in [1.54, 1.807) is 24.4 Å². The van der Waals surface area contributed by atoms with Crippen molar-refractivity contribution < 1.29 is 4.92 Å². The van der Waals surface area contributed by atoms with Gasteiger partial charge >= 0.3 is 0 Å².